The smallest absolute Gasteiger partial charge is 0.0540 e. The van der Waals surface area contributed by atoms with Crippen LogP contribution < -0.4 is 4.90 Å². The molecule has 0 saturated heterocycles. The Balaban J connectivity index is 0.936. The van der Waals surface area contributed by atoms with E-state index in [-0.39, 0.29) is 21.7 Å². The summed E-state index contributed by atoms with van der Waals surface area (Å²) in [5.74, 6) is 0. The van der Waals surface area contributed by atoms with Crippen molar-refractivity contribution in [2.24, 2.45) is 0 Å². The van der Waals surface area contributed by atoms with Crippen molar-refractivity contribution in [3.63, 3.8) is 0 Å². The van der Waals surface area contributed by atoms with E-state index in [9.17, 15) is 0 Å². The summed E-state index contributed by atoms with van der Waals surface area (Å²) < 4.78 is 0. The van der Waals surface area contributed by atoms with Crippen molar-refractivity contribution in [2.75, 3.05) is 4.90 Å². The fourth-order valence-electron chi connectivity index (χ4n) is 13.7. The zero-order chi connectivity index (χ0) is 46.9. The minimum absolute atomic E-state index is 0.106. The first kappa shape index (κ1) is 40.6. The average Bonchev–Trinajstić information content (AvgIpc) is 3.92. The molecule has 1 nitrogen and oxygen atoms in total. The maximum absolute atomic E-state index is 2.56. The van der Waals surface area contributed by atoms with Crippen LogP contribution >= 0.6 is 0 Å². The molecule has 0 fully saturated rings. The fourth-order valence-corrected chi connectivity index (χ4v) is 13.7. The lowest BCUT2D eigenvalue weighted by atomic mass is 9.79. The van der Waals surface area contributed by atoms with Gasteiger partial charge in [0, 0.05) is 38.6 Å². The molecule has 0 N–H and O–H groups in total. The van der Waals surface area contributed by atoms with Crippen LogP contribution in [0.3, 0.4) is 0 Å². The van der Waals surface area contributed by atoms with Gasteiger partial charge in [0.15, 0.2) is 0 Å². The van der Waals surface area contributed by atoms with Gasteiger partial charge in [0.2, 0.25) is 0 Å². The lowest BCUT2D eigenvalue weighted by Gasteiger charge is -2.31. The third-order valence-electron chi connectivity index (χ3n) is 17.4. The summed E-state index contributed by atoms with van der Waals surface area (Å²) in [6, 6.07) is 71.9. The van der Waals surface area contributed by atoms with Crippen LogP contribution in [0, 0.1) is 0 Å². The van der Waals surface area contributed by atoms with Crippen molar-refractivity contribution >= 4 is 38.6 Å². The Morgan fingerprint density at radius 3 is 1.17 bits per heavy atom. The lowest BCUT2D eigenvalue weighted by molar-refractivity contribution is 0.652. The monoisotopic (exact) mass is 885 g/mol. The molecular weight excluding hydrogens is 831 g/mol. The molecule has 69 heavy (non-hydrogen) atoms. The van der Waals surface area contributed by atoms with Gasteiger partial charge >= 0.3 is 0 Å². The van der Waals surface area contributed by atoms with Gasteiger partial charge in [-0.05, 0) is 171 Å². The zero-order valence-corrected chi connectivity index (χ0v) is 40.8. The SMILES string of the molecule is CC1(C)c2cc(N(c3ccc4c(c3)C(C)(C)c3cc5c(cc3-4)C(C)(C)c3ccc4ccccc4c3-5)c3ccccc3-c3ccccc3)ccc2-c2cc3c(cc21)-c1c(ccc2ccccc12)C3(C)C. The molecule has 0 radical (unpaired) electrons. The van der Waals surface area contributed by atoms with Crippen LogP contribution in [-0.2, 0) is 21.7 Å². The van der Waals surface area contributed by atoms with Crippen LogP contribution in [0.5, 0.6) is 0 Å². The van der Waals surface area contributed by atoms with Crippen LogP contribution in [0.1, 0.15) is 99.9 Å². The van der Waals surface area contributed by atoms with Crippen molar-refractivity contribution in [2.45, 2.75) is 77.0 Å². The number of anilines is 3. The molecule has 0 unspecified atom stereocenters. The van der Waals surface area contributed by atoms with Gasteiger partial charge in [0.05, 0.1) is 5.69 Å². The molecule has 10 aromatic carbocycles. The number of benzene rings is 10. The highest BCUT2D eigenvalue weighted by atomic mass is 15.1. The normalized spacial score (nSPS) is 16.3. The molecule has 332 valence electrons. The standard InChI is InChI=1S/C68H55N/c1-65(2)54-32-26-41-20-12-14-23-46(41)63(54)52-38-58-50(36-60(52)65)48-30-28-43(34-56(48)67(58,5)6)69(62-25-17-16-22-45(62)40-18-10-9-11-19-40)44-29-31-49-51-37-61-53(39-59(51)68(7,8)57(49)35-44)64-47-24-15-13-21-42(47)27-33-55(64)66(61,3)4/h9-39H,1-8H3. The quantitative estimate of drug-likeness (QED) is 0.170. The van der Waals surface area contributed by atoms with Crippen molar-refractivity contribution in [1.29, 1.82) is 0 Å². The number of hydrogen-bond donors (Lipinski definition) is 0. The molecule has 4 aliphatic carbocycles. The first-order valence-electron chi connectivity index (χ1n) is 24.9. The van der Waals surface area contributed by atoms with Gasteiger partial charge in [0.1, 0.15) is 0 Å². The molecule has 0 aromatic heterocycles. The zero-order valence-electron chi connectivity index (χ0n) is 40.8. The van der Waals surface area contributed by atoms with E-state index in [0.717, 1.165) is 0 Å². The van der Waals surface area contributed by atoms with E-state index in [2.05, 4.69) is 248 Å². The molecule has 4 aliphatic rings. The number of para-hydroxylation sites is 1. The van der Waals surface area contributed by atoms with Crippen LogP contribution in [0.15, 0.2) is 188 Å². The molecule has 0 spiro atoms. The van der Waals surface area contributed by atoms with E-state index in [1.54, 1.807) is 0 Å². The van der Waals surface area contributed by atoms with Gasteiger partial charge in [-0.3, -0.25) is 0 Å². The summed E-state index contributed by atoms with van der Waals surface area (Å²) in [5.41, 5.74) is 27.5. The van der Waals surface area contributed by atoms with Crippen LogP contribution in [0.2, 0.25) is 0 Å². The van der Waals surface area contributed by atoms with Gasteiger partial charge in [-0.15, -0.1) is 0 Å². The van der Waals surface area contributed by atoms with Crippen molar-refractivity contribution in [1.82, 2.24) is 0 Å². The molecule has 0 saturated carbocycles. The van der Waals surface area contributed by atoms with Crippen LogP contribution in [0.25, 0.3) is 77.2 Å². The third kappa shape index (κ3) is 5.31. The second-order valence-electron chi connectivity index (χ2n) is 22.5. The minimum atomic E-state index is -0.225. The fraction of sp³-hybridized carbons (Fsp3) is 0.176. The molecule has 0 heterocycles. The van der Waals surface area contributed by atoms with Crippen LogP contribution in [0.4, 0.5) is 17.1 Å². The number of nitrogens with zero attached hydrogens (tertiary/aromatic N) is 1. The maximum atomic E-state index is 2.56. The highest BCUT2D eigenvalue weighted by molar-refractivity contribution is 6.05. The number of rotatable bonds is 4. The summed E-state index contributed by atoms with van der Waals surface area (Å²) >= 11 is 0. The highest BCUT2D eigenvalue weighted by Gasteiger charge is 2.45. The minimum Gasteiger partial charge on any atom is -0.310 e. The second kappa shape index (κ2) is 13.6. The predicted octanol–water partition coefficient (Wildman–Crippen LogP) is 18.4. The third-order valence-corrected chi connectivity index (χ3v) is 17.4. The summed E-state index contributed by atoms with van der Waals surface area (Å²) in [7, 11) is 0. The molecule has 0 aliphatic heterocycles. The molecule has 14 rings (SSSR count). The van der Waals surface area contributed by atoms with E-state index >= 15 is 0 Å². The first-order chi connectivity index (χ1) is 33.2. The Morgan fingerprint density at radius 1 is 0.275 bits per heavy atom. The van der Waals surface area contributed by atoms with E-state index in [0.29, 0.717) is 0 Å². The van der Waals surface area contributed by atoms with Crippen molar-refractivity contribution in [3.05, 3.63) is 233 Å². The molecule has 0 bridgehead atoms. The topological polar surface area (TPSA) is 3.24 Å². The Kier molecular flexibility index (Phi) is 8.00. The van der Waals surface area contributed by atoms with Gasteiger partial charge in [-0.1, -0.05) is 189 Å². The first-order valence-corrected chi connectivity index (χ1v) is 24.9. The predicted molar refractivity (Wildman–Crippen MR) is 292 cm³/mol. The molecule has 1 heteroatoms. The number of fused-ring (bicyclic) bond motifs is 16. The van der Waals surface area contributed by atoms with E-state index in [4.69, 9.17) is 0 Å². The summed E-state index contributed by atoms with van der Waals surface area (Å²) in [6.45, 7) is 19.4. The van der Waals surface area contributed by atoms with Gasteiger partial charge < -0.3 is 4.90 Å². The second-order valence-corrected chi connectivity index (χ2v) is 22.5. The molecular formula is C68H55N. The van der Waals surface area contributed by atoms with Gasteiger partial charge in [0.25, 0.3) is 0 Å². The Labute approximate surface area is 406 Å². The Hall–Kier alpha value is -7.48. The molecule has 10 aromatic rings. The maximum Gasteiger partial charge on any atom is 0.0540 e. The lowest BCUT2D eigenvalue weighted by Crippen LogP contribution is -2.18. The van der Waals surface area contributed by atoms with Crippen LogP contribution in [-0.4, -0.2) is 0 Å². The molecule has 0 amide bonds. The van der Waals surface area contributed by atoms with Gasteiger partial charge in [-0.25, -0.2) is 0 Å². The summed E-state index contributed by atoms with van der Waals surface area (Å²) in [4.78, 5) is 2.54. The van der Waals surface area contributed by atoms with E-state index in [1.807, 2.05) is 0 Å². The van der Waals surface area contributed by atoms with E-state index in [1.165, 1.54) is 139 Å². The Bertz CT molecular complexity index is 3680. The number of hydrogen-bond acceptors (Lipinski definition) is 1. The Morgan fingerprint density at radius 2 is 0.667 bits per heavy atom. The molecule has 0 atom stereocenters. The largest absolute Gasteiger partial charge is 0.310 e. The van der Waals surface area contributed by atoms with E-state index < -0.39 is 0 Å². The average molecular weight is 886 g/mol. The van der Waals surface area contributed by atoms with Crippen molar-refractivity contribution in [3.8, 4) is 55.6 Å². The van der Waals surface area contributed by atoms with Gasteiger partial charge in [-0.2, -0.15) is 0 Å². The highest BCUT2D eigenvalue weighted by Crippen LogP contribution is 2.60. The summed E-state index contributed by atoms with van der Waals surface area (Å²) in [5, 5.41) is 5.29. The summed E-state index contributed by atoms with van der Waals surface area (Å²) in [6.07, 6.45) is 0. The van der Waals surface area contributed by atoms with Crippen molar-refractivity contribution < 1.29 is 0 Å².